The maximum Gasteiger partial charge on any atom is 1.00 e. The number of hydrogen-bond acceptors (Lipinski definition) is 8. The van der Waals surface area contributed by atoms with Gasteiger partial charge in [0.15, 0.2) is 0 Å². The summed E-state index contributed by atoms with van der Waals surface area (Å²) in [6.07, 6.45) is 0. The van der Waals surface area contributed by atoms with Crippen LogP contribution in [0.3, 0.4) is 0 Å². The minimum absolute atomic E-state index is 0. The first kappa shape index (κ1) is 33.3. The summed E-state index contributed by atoms with van der Waals surface area (Å²) in [6, 6.07) is 0. The molecule has 0 aliphatic heterocycles. The Kier molecular flexibility index (Phi) is 28.2. The molecule has 2 N–H and O–H groups in total. The normalized spacial score (nSPS) is 9.30. The summed E-state index contributed by atoms with van der Waals surface area (Å²) in [5.74, 6) is -5.52. The summed E-state index contributed by atoms with van der Waals surface area (Å²) < 4.78 is 0. The molecule has 0 rings (SSSR count). The number of carboxylic acids is 4. The first-order valence-corrected chi connectivity index (χ1v) is 5.48. The second kappa shape index (κ2) is 19.5. The second-order valence-electron chi connectivity index (χ2n) is 3.95. The molecular weight excluding hydrogens is 393 g/mol. The first-order chi connectivity index (χ1) is 9.20. The van der Waals surface area contributed by atoms with Crippen molar-refractivity contribution in [3.05, 3.63) is 0 Å². The number of carbonyl (C=O) groups excluding carboxylic acids is 2. The summed E-state index contributed by atoms with van der Waals surface area (Å²) in [6.45, 7) is -2.75. The molecule has 0 spiro atoms. The van der Waals surface area contributed by atoms with E-state index in [-0.39, 0.29) is 169 Å². The van der Waals surface area contributed by atoms with Crippen molar-refractivity contribution >= 4 is 23.9 Å². The number of carboxylic acid groups (broad SMARTS) is 4. The molecule has 0 aromatic heterocycles. The molecule has 0 saturated heterocycles. The third kappa shape index (κ3) is 22.7. The fraction of sp³-hybridized carbons (Fsp3) is 0.600. The zero-order valence-electron chi connectivity index (χ0n) is 14.5. The van der Waals surface area contributed by atoms with Crippen LogP contribution >= 0.6 is 0 Å². The van der Waals surface area contributed by atoms with E-state index in [0.717, 1.165) is 9.80 Å². The van der Waals surface area contributed by atoms with Crippen LogP contribution in [-0.4, -0.2) is 83.2 Å². The zero-order valence-corrected chi connectivity index (χ0v) is 22.9. The van der Waals surface area contributed by atoms with Gasteiger partial charge in [0.1, 0.15) is 0 Å². The third-order valence-electron chi connectivity index (χ3n) is 2.16. The summed E-state index contributed by atoms with van der Waals surface area (Å²) in [5.41, 5.74) is 0. The molecule has 0 bridgehead atoms. The predicted octanol–water partition coefficient (Wildman–Crippen LogP) is -13.6. The second-order valence-corrected chi connectivity index (χ2v) is 3.95. The van der Waals surface area contributed by atoms with E-state index in [4.69, 9.17) is 10.2 Å². The summed E-state index contributed by atoms with van der Waals surface area (Å²) in [7, 11) is 0. The average Bonchev–Trinajstić information content (AvgIpc) is 2.22. The van der Waals surface area contributed by atoms with Gasteiger partial charge in [0.2, 0.25) is 0 Å². The first-order valence-electron chi connectivity index (χ1n) is 5.48. The van der Waals surface area contributed by atoms with Gasteiger partial charge < -0.3 is 31.4 Å². The predicted molar refractivity (Wildman–Crippen MR) is 59.3 cm³/mol. The molecule has 0 aromatic rings. The SMILES string of the molecule is O=C([O-])CN(CCN(CC(=O)O)CC(=O)O)CC(=O)[O-].[H-].[K+].[K+].[K+]. The average molecular weight is 409 g/mol. The van der Waals surface area contributed by atoms with Crippen molar-refractivity contribution in [2.24, 2.45) is 0 Å². The number of rotatable bonds is 11. The van der Waals surface area contributed by atoms with Gasteiger partial charge in [-0.25, -0.2) is 0 Å². The molecule has 0 aliphatic carbocycles. The van der Waals surface area contributed by atoms with Crippen molar-refractivity contribution in [3.8, 4) is 0 Å². The molecule has 0 fully saturated rings. The minimum atomic E-state index is -1.51. The van der Waals surface area contributed by atoms with Crippen LogP contribution in [-0.2, 0) is 19.2 Å². The monoisotopic (exact) mass is 408 g/mol. The van der Waals surface area contributed by atoms with Crippen LogP contribution in [0.1, 0.15) is 1.43 Å². The van der Waals surface area contributed by atoms with Crippen LogP contribution in [0.4, 0.5) is 0 Å². The molecule has 0 unspecified atom stereocenters. The molecule has 0 radical (unpaired) electrons. The van der Waals surface area contributed by atoms with Crippen LogP contribution in [0.25, 0.3) is 0 Å². The Hall–Kier alpha value is 2.71. The Labute approximate surface area is 262 Å². The van der Waals surface area contributed by atoms with Gasteiger partial charge in [-0.05, 0) is 0 Å². The number of aliphatic carboxylic acids is 4. The summed E-state index contributed by atoms with van der Waals surface area (Å²) in [5, 5.41) is 38.0. The number of carbonyl (C=O) groups is 4. The summed E-state index contributed by atoms with van der Waals surface area (Å²) >= 11 is 0. The Morgan fingerprint density at radius 3 is 1.17 bits per heavy atom. The van der Waals surface area contributed by atoms with Gasteiger partial charge >= 0.3 is 166 Å². The van der Waals surface area contributed by atoms with Gasteiger partial charge in [-0.1, -0.05) is 0 Å². The summed E-state index contributed by atoms with van der Waals surface area (Å²) in [4.78, 5) is 43.9. The fourth-order valence-electron chi connectivity index (χ4n) is 1.46. The van der Waals surface area contributed by atoms with Crippen molar-refractivity contribution in [2.75, 3.05) is 39.3 Å². The molecule has 116 valence electrons. The Balaban J connectivity index is -0.000000301. The molecular formula is C10H15K3N2O8. The molecule has 0 amide bonds. The van der Waals surface area contributed by atoms with Crippen molar-refractivity contribution < 1.29 is 195 Å². The van der Waals surface area contributed by atoms with Crippen molar-refractivity contribution in [1.82, 2.24) is 9.80 Å². The van der Waals surface area contributed by atoms with E-state index in [9.17, 15) is 29.4 Å². The molecule has 13 heteroatoms. The van der Waals surface area contributed by atoms with Gasteiger partial charge in [-0.3, -0.25) is 19.4 Å². The third-order valence-corrected chi connectivity index (χ3v) is 2.16. The van der Waals surface area contributed by atoms with Crippen LogP contribution in [0.15, 0.2) is 0 Å². The van der Waals surface area contributed by atoms with E-state index in [2.05, 4.69) is 0 Å². The Morgan fingerprint density at radius 2 is 0.957 bits per heavy atom. The van der Waals surface area contributed by atoms with Crippen LogP contribution < -0.4 is 164 Å². The molecule has 23 heavy (non-hydrogen) atoms. The van der Waals surface area contributed by atoms with Crippen molar-refractivity contribution in [1.29, 1.82) is 0 Å². The van der Waals surface area contributed by atoms with E-state index in [0.29, 0.717) is 0 Å². The fourth-order valence-corrected chi connectivity index (χ4v) is 1.46. The van der Waals surface area contributed by atoms with E-state index >= 15 is 0 Å². The largest absolute Gasteiger partial charge is 1.00 e. The van der Waals surface area contributed by atoms with Gasteiger partial charge in [-0.2, -0.15) is 0 Å². The molecule has 0 atom stereocenters. The minimum Gasteiger partial charge on any atom is -1.00 e. The standard InChI is InChI=1S/C10H16N2O8.3K.H/c13-7(14)3-11(4-8(15)16)1-2-12(5-9(17)18)6-10(19)20;;;;/h1-6H2,(H,13,14)(H,15,16)(H,17,18)(H,19,20);;;;/q;3*+1;-1/p-2. The molecule has 0 heterocycles. The van der Waals surface area contributed by atoms with Crippen LogP contribution in [0.2, 0.25) is 0 Å². The molecule has 0 aliphatic rings. The van der Waals surface area contributed by atoms with Gasteiger partial charge in [0.25, 0.3) is 0 Å². The maximum atomic E-state index is 10.5. The van der Waals surface area contributed by atoms with Gasteiger partial charge in [-0.15, -0.1) is 0 Å². The topological polar surface area (TPSA) is 161 Å². The van der Waals surface area contributed by atoms with Crippen molar-refractivity contribution in [3.63, 3.8) is 0 Å². The molecule has 10 nitrogen and oxygen atoms in total. The quantitative estimate of drug-likeness (QED) is 0.314. The van der Waals surface area contributed by atoms with E-state index in [1.54, 1.807) is 0 Å². The number of nitrogens with zero attached hydrogens (tertiary/aromatic N) is 2. The zero-order chi connectivity index (χ0) is 15.7. The Morgan fingerprint density at radius 1 is 0.696 bits per heavy atom. The van der Waals surface area contributed by atoms with Gasteiger partial charge in [0.05, 0.1) is 25.0 Å². The van der Waals surface area contributed by atoms with Crippen LogP contribution in [0.5, 0.6) is 0 Å². The van der Waals surface area contributed by atoms with E-state index in [1.165, 1.54) is 0 Å². The van der Waals surface area contributed by atoms with Gasteiger partial charge in [0, 0.05) is 26.2 Å². The smallest absolute Gasteiger partial charge is 1.00 e. The van der Waals surface area contributed by atoms with Crippen LogP contribution in [0, 0.1) is 0 Å². The van der Waals surface area contributed by atoms with E-state index < -0.39 is 50.1 Å². The number of hydrogen-bond donors (Lipinski definition) is 2. The molecule has 0 aromatic carbocycles. The Bertz CT molecular complexity index is 334. The van der Waals surface area contributed by atoms with E-state index in [1.807, 2.05) is 0 Å². The maximum absolute atomic E-state index is 10.5. The van der Waals surface area contributed by atoms with Crippen molar-refractivity contribution in [2.45, 2.75) is 0 Å². The molecule has 0 saturated carbocycles.